The van der Waals surface area contributed by atoms with Crippen LogP contribution in [0.3, 0.4) is 0 Å². The summed E-state index contributed by atoms with van der Waals surface area (Å²) in [6, 6.07) is 6.30. The van der Waals surface area contributed by atoms with Crippen LogP contribution >= 0.6 is 11.3 Å². The Labute approximate surface area is 116 Å². The molecule has 0 aliphatic rings. The Morgan fingerprint density at radius 2 is 2.16 bits per heavy atom. The Kier molecular flexibility index (Phi) is 2.98. The molecule has 0 radical (unpaired) electrons. The highest BCUT2D eigenvalue weighted by Gasteiger charge is 2.05. The summed E-state index contributed by atoms with van der Waals surface area (Å²) in [4.78, 5) is 4.47. The van der Waals surface area contributed by atoms with Gasteiger partial charge in [0.1, 0.15) is 0 Å². The van der Waals surface area contributed by atoms with Crippen LogP contribution in [0.15, 0.2) is 24.4 Å². The van der Waals surface area contributed by atoms with Crippen molar-refractivity contribution >= 4 is 27.2 Å². The number of benzene rings is 1. The number of aromatic nitrogens is 3. The van der Waals surface area contributed by atoms with Crippen LogP contribution in [0.1, 0.15) is 16.3 Å². The van der Waals surface area contributed by atoms with Gasteiger partial charge in [-0.15, -0.1) is 11.3 Å². The molecule has 1 N–H and O–H groups in total. The molecule has 0 saturated heterocycles. The van der Waals surface area contributed by atoms with Crippen molar-refractivity contribution in [2.75, 3.05) is 5.32 Å². The minimum Gasteiger partial charge on any atom is -0.381 e. The maximum absolute atomic E-state index is 4.47. The van der Waals surface area contributed by atoms with Crippen molar-refractivity contribution in [3.63, 3.8) is 0 Å². The second kappa shape index (κ2) is 4.66. The first-order valence-corrected chi connectivity index (χ1v) is 7.03. The zero-order valence-corrected chi connectivity index (χ0v) is 12.1. The van der Waals surface area contributed by atoms with Crippen molar-refractivity contribution in [3.8, 4) is 0 Å². The topological polar surface area (TPSA) is 42.7 Å². The summed E-state index contributed by atoms with van der Waals surface area (Å²) in [6.07, 6.45) is 1.91. The fourth-order valence-corrected chi connectivity index (χ4v) is 2.93. The van der Waals surface area contributed by atoms with E-state index in [2.05, 4.69) is 40.5 Å². The van der Waals surface area contributed by atoms with Gasteiger partial charge in [-0.1, -0.05) is 0 Å². The molecule has 3 rings (SSSR count). The summed E-state index contributed by atoms with van der Waals surface area (Å²) in [7, 11) is 1.96. The molecule has 98 valence electrons. The molecule has 0 spiro atoms. The molecule has 1 aromatic carbocycles. The van der Waals surface area contributed by atoms with Crippen LogP contribution in [0.2, 0.25) is 0 Å². The highest BCUT2D eigenvalue weighted by molar-refractivity contribution is 7.18. The van der Waals surface area contributed by atoms with E-state index in [-0.39, 0.29) is 0 Å². The lowest BCUT2D eigenvalue weighted by molar-refractivity contribution is 0.738. The summed E-state index contributed by atoms with van der Waals surface area (Å²) in [5, 5.41) is 8.80. The molecule has 19 heavy (non-hydrogen) atoms. The van der Waals surface area contributed by atoms with Gasteiger partial charge >= 0.3 is 0 Å². The van der Waals surface area contributed by atoms with Crippen LogP contribution < -0.4 is 5.32 Å². The number of rotatable bonds is 3. The highest BCUT2D eigenvalue weighted by atomic mass is 32.1. The Hall–Kier alpha value is -1.88. The molecule has 0 saturated carbocycles. The van der Waals surface area contributed by atoms with Crippen molar-refractivity contribution in [1.29, 1.82) is 0 Å². The van der Waals surface area contributed by atoms with Crippen LogP contribution in [0.4, 0.5) is 5.69 Å². The third-order valence-electron chi connectivity index (χ3n) is 3.32. The first-order valence-electron chi connectivity index (χ1n) is 6.22. The van der Waals surface area contributed by atoms with Crippen molar-refractivity contribution in [2.45, 2.75) is 20.4 Å². The molecule has 3 aromatic rings. The summed E-state index contributed by atoms with van der Waals surface area (Å²) in [5.41, 5.74) is 4.62. The standard InChI is InChI=1S/C14H16N4S/c1-9-11(8-16-18(9)3)7-15-12-4-5-13-14(6-12)19-10(2)17-13/h4-6,8,15H,7H2,1-3H3. The van der Waals surface area contributed by atoms with Gasteiger partial charge in [0.15, 0.2) is 0 Å². The molecule has 0 aliphatic heterocycles. The second-order valence-electron chi connectivity index (χ2n) is 4.65. The van der Waals surface area contributed by atoms with E-state index in [1.807, 2.05) is 24.9 Å². The lowest BCUT2D eigenvalue weighted by Crippen LogP contribution is -2.01. The van der Waals surface area contributed by atoms with Gasteiger partial charge in [0.2, 0.25) is 0 Å². The van der Waals surface area contributed by atoms with Gasteiger partial charge < -0.3 is 5.32 Å². The van der Waals surface area contributed by atoms with Gasteiger partial charge in [0.25, 0.3) is 0 Å². The van der Waals surface area contributed by atoms with Crippen LogP contribution in [0, 0.1) is 13.8 Å². The third-order valence-corrected chi connectivity index (χ3v) is 4.25. The normalized spacial score (nSPS) is 11.1. The quantitative estimate of drug-likeness (QED) is 0.796. The molecule has 0 amide bonds. The smallest absolute Gasteiger partial charge is 0.0907 e. The van der Waals surface area contributed by atoms with E-state index in [1.165, 1.54) is 16.0 Å². The number of aryl methyl sites for hydroxylation is 2. The van der Waals surface area contributed by atoms with E-state index in [1.54, 1.807) is 11.3 Å². The van der Waals surface area contributed by atoms with Crippen molar-refractivity contribution in [3.05, 3.63) is 40.7 Å². The fraction of sp³-hybridized carbons (Fsp3) is 0.286. The van der Waals surface area contributed by atoms with E-state index < -0.39 is 0 Å². The molecule has 0 bridgehead atoms. The minimum absolute atomic E-state index is 0.795. The fourth-order valence-electron chi connectivity index (χ4n) is 2.06. The molecule has 0 fully saturated rings. The van der Waals surface area contributed by atoms with E-state index in [0.717, 1.165) is 22.8 Å². The molecule has 2 aromatic heterocycles. The number of anilines is 1. The highest BCUT2D eigenvalue weighted by Crippen LogP contribution is 2.25. The molecular formula is C14H16N4S. The lowest BCUT2D eigenvalue weighted by Gasteiger charge is -2.06. The van der Waals surface area contributed by atoms with Crippen molar-refractivity contribution < 1.29 is 0 Å². The van der Waals surface area contributed by atoms with Crippen molar-refractivity contribution in [1.82, 2.24) is 14.8 Å². The molecular weight excluding hydrogens is 256 g/mol. The van der Waals surface area contributed by atoms with Crippen LogP contribution in [-0.4, -0.2) is 14.8 Å². The number of nitrogens with zero attached hydrogens (tertiary/aromatic N) is 3. The van der Waals surface area contributed by atoms with Crippen LogP contribution in [0.25, 0.3) is 10.2 Å². The molecule has 5 heteroatoms. The number of fused-ring (bicyclic) bond motifs is 1. The molecule has 2 heterocycles. The maximum Gasteiger partial charge on any atom is 0.0907 e. The third kappa shape index (κ3) is 2.33. The number of nitrogens with one attached hydrogen (secondary N) is 1. The molecule has 0 atom stereocenters. The van der Waals surface area contributed by atoms with Gasteiger partial charge in [-0.25, -0.2) is 4.98 Å². The monoisotopic (exact) mass is 272 g/mol. The zero-order chi connectivity index (χ0) is 13.4. The average molecular weight is 272 g/mol. The lowest BCUT2D eigenvalue weighted by atomic mass is 10.2. The van der Waals surface area contributed by atoms with Gasteiger partial charge in [0.05, 0.1) is 21.4 Å². The van der Waals surface area contributed by atoms with Gasteiger partial charge in [-0.05, 0) is 32.0 Å². The Balaban J connectivity index is 1.79. The first kappa shape index (κ1) is 12.2. The number of hydrogen-bond donors (Lipinski definition) is 1. The second-order valence-corrected chi connectivity index (χ2v) is 5.88. The molecule has 4 nitrogen and oxygen atoms in total. The van der Waals surface area contributed by atoms with Crippen molar-refractivity contribution in [2.24, 2.45) is 7.05 Å². The van der Waals surface area contributed by atoms with E-state index in [4.69, 9.17) is 0 Å². The van der Waals surface area contributed by atoms with Crippen LogP contribution in [0.5, 0.6) is 0 Å². The summed E-state index contributed by atoms with van der Waals surface area (Å²) < 4.78 is 3.12. The summed E-state index contributed by atoms with van der Waals surface area (Å²) in [6.45, 7) is 4.92. The first-order chi connectivity index (χ1) is 9.13. The minimum atomic E-state index is 0.795. The Bertz CT molecular complexity index is 726. The van der Waals surface area contributed by atoms with E-state index in [9.17, 15) is 0 Å². The Morgan fingerprint density at radius 3 is 2.89 bits per heavy atom. The van der Waals surface area contributed by atoms with E-state index in [0.29, 0.717) is 0 Å². The van der Waals surface area contributed by atoms with Gasteiger partial charge in [-0.2, -0.15) is 5.10 Å². The average Bonchev–Trinajstić information content (AvgIpc) is 2.90. The largest absolute Gasteiger partial charge is 0.381 e. The predicted molar refractivity (Wildman–Crippen MR) is 79.6 cm³/mol. The van der Waals surface area contributed by atoms with Gasteiger partial charge in [-0.3, -0.25) is 4.68 Å². The SMILES string of the molecule is Cc1nc2ccc(NCc3cnn(C)c3C)cc2s1. The van der Waals surface area contributed by atoms with E-state index >= 15 is 0 Å². The Morgan fingerprint density at radius 1 is 1.32 bits per heavy atom. The molecule has 0 unspecified atom stereocenters. The maximum atomic E-state index is 4.47. The predicted octanol–water partition coefficient (Wildman–Crippen LogP) is 3.26. The number of hydrogen-bond acceptors (Lipinski definition) is 4. The number of thiazole rings is 1. The summed E-state index contributed by atoms with van der Waals surface area (Å²) in [5.74, 6) is 0. The van der Waals surface area contributed by atoms with Gasteiger partial charge in [0, 0.05) is 30.5 Å². The summed E-state index contributed by atoms with van der Waals surface area (Å²) >= 11 is 1.73. The zero-order valence-electron chi connectivity index (χ0n) is 11.3. The van der Waals surface area contributed by atoms with Crippen LogP contribution in [-0.2, 0) is 13.6 Å². The molecule has 0 aliphatic carbocycles.